The minimum absolute atomic E-state index is 0.0594. The van der Waals surface area contributed by atoms with Crippen LogP contribution in [0.5, 0.6) is 0 Å². The van der Waals surface area contributed by atoms with E-state index in [2.05, 4.69) is 5.32 Å². The Balaban J connectivity index is 2.29. The van der Waals surface area contributed by atoms with E-state index in [1.165, 1.54) is 0 Å². The highest BCUT2D eigenvalue weighted by atomic mass is 16.6. The molecule has 12 heavy (non-hydrogen) atoms. The molecule has 4 nitrogen and oxygen atoms in total. The maximum absolute atomic E-state index is 11.3. The molecule has 2 fully saturated rings. The highest BCUT2D eigenvalue weighted by molar-refractivity contribution is 5.97. The Morgan fingerprint density at radius 2 is 2.25 bits per heavy atom. The zero-order valence-corrected chi connectivity index (χ0v) is 7.09. The van der Waals surface area contributed by atoms with Crippen LogP contribution >= 0.6 is 0 Å². The van der Waals surface area contributed by atoms with E-state index in [-0.39, 0.29) is 17.8 Å². The van der Waals surface area contributed by atoms with Crippen LogP contribution in [0.1, 0.15) is 20.3 Å². The molecule has 0 saturated carbocycles. The first-order valence-corrected chi connectivity index (χ1v) is 4.13. The lowest BCUT2D eigenvalue weighted by atomic mass is 9.81. The molecule has 2 aliphatic rings. The molecule has 66 valence electrons. The van der Waals surface area contributed by atoms with Crippen molar-refractivity contribution in [2.45, 2.75) is 31.9 Å². The van der Waals surface area contributed by atoms with Crippen molar-refractivity contribution in [1.82, 2.24) is 5.32 Å². The van der Waals surface area contributed by atoms with Crippen molar-refractivity contribution in [3.05, 3.63) is 0 Å². The molecular formula is C8H11NO3. The van der Waals surface area contributed by atoms with Crippen LogP contribution in [0.15, 0.2) is 0 Å². The van der Waals surface area contributed by atoms with Gasteiger partial charge in [-0.15, -0.1) is 0 Å². The number of carbonyl (C=O) groups excluding carboxylic acids is 2. The largest absolute Gasteiger partial charge is 0.454 e. The third-order valence-corrected chi connectivity index (χ3v) is 2.83. The van der Waals surface area contributed by atoms with Gasteiger partial charge < -0.3 is 10.1 Å². The summed E-state index contributed by atoms with van der Waals surface area (Å²) in [5, 5.41) is 2.63. The number of rotatable bonds is 1. The molecule has 1 amide bonds. The minimum Gasteiger partial charge on any atom is -0.454 e. The summed E-state index contributed by atoms with van der Waals surface area (Å²) in [5.74, 6) is -0.530. The summed E-state index contributed by atoms with van der Waals surface area (Å²) < 4.78 is 5.00. The molecule has 0 aromatic carbocycles. The predicted octanol–water partition coefficient (Wildman–Crippen LogP) is -0.174. The first-order chi connectivity index (χ1) is 5.59. The zero-order chi connectivity index (χ0) is 8.93. The lowest BCUT2D eigenvalue weighted by Crippen LogP contribution is -2.62. The second kappa shape index (κ2) is 2.00. The number of carbonyl (C=O) groups is 2. The summed E-state index contributed by atoms with van der Waals surface area (Å²) in [7, 11) is 0. The van der Waals surface area contributed by atoms with Crippen molar-refractivity contribution in [2.24, 2.45) is 5.92 Å². The van der Waals surface area contributed by atoms with Gasteiger partial charge in [0.25, 0.3) is 0 Å². The van der Waals surface area contributed by atoms with Crippen LogP contribution in [-0.2, 0) is 14.3 Å². The summed E-state index contributed by atoms with van der Waals surface area (Å²) in [5.41, 5.74) is -0.567. The third-order valence-electron chi connectivity index (χ3n) is 2.83. The van der Waals surface area contributed by atoms with E-state index in [0.717, 1.165) is 0 Å². The van der Waals surface area contributed by atoms with Gasteiger partial charge in [0.05, 0.1) is 5.92 Å². The standard InChI is InChI=1S/C8H11NO3/c1-3-4-6(10)9-5-7(11)12-8(4,5)2/h4-5H,3H2,1-2H3,(H,9,10)/t4?,5-,8-/m0/s1. The Morgan fingerprint density at radius 1 is 1.58 bits per heavy atom. The second-order valence-electron chi connectivity index (χ2n) is 3.51. The van der Waals surface area contributed by atoms with Crippen LogP contribution in [0.3, 0.4) is 0 Å². The Morgan fingerprint density at radius 3 is 2.67 bits per heavy atom. The first-order valence-electron chi connectivity index (χ1n) is 4.13. The third kappa shape index (κ3) is 0.629. The smallest absolute Gasteiger partial charge is 0.333 e. The van der Waals surface area contributed by atoms with Gasteiger partial charge in [0.1, 0.15) is 0 Å². The fourth-order valence-electron chi connectivity index (χ4n) is 2.08. The summed E-state index contributed by atoms with van der Waals surface area (Å²) in [6, 6.07) is -0.394. The van der Waals surface area contributed by atoms with Crippen LogP contribution in [0.25, 0.3) is 0 Å². The molecule has 2 aliphatic heterocycles. The molecule has 0 aromatic heterocycles. The monoisotopic (exact) mass is 169 g/mol. The molecule has 0 aromatic rings. The molecule has 1 unspecified atom stereocenters. The lowest BCUT2D eigenvalue weighted by Gasteiger charge is -2.41. The molecule has 2 heterocycles. The van der Waals surface area contributed by atoms with Crippen LogP contribution in [0, 0.1) is 5.92 Å². The predicted molar refractivity (Wildman–Crippen MR) is 40.2 cm³/mol. The minimum atomic E-state index is -0.567. The highest BCUT2D eigenvalue weighted by Gasteiger charge is 2.64. The Hall–Kier alpha value is -1.06. The van der Waals surface area contributed by atoms with Crippen molar-refractivity contribution in [3.8, 4) is 0 Å². The molecule has 3 atom stereocenters. The summed E-state index contributed by atoms with van der Waals surface area (Å²) in [6.45, 7) is 3.73. The average molecular weight is 169 g/mol. The first kappa shape index (κ1) is 7.58. The molecule has 2 rings (SSSR count). The van der Waals surface area contributed by atoms with Gasteiger partial charge in [0, 0.05) is 0 Å². The van der Waals surface area contributed by atoms with E-state index in [1.807, 2.05) is 13.8 Å². The summed E-state index contributed by atoms with van der Waals surface area (Å²) in [6.07, 6.45) is 0.714. The van der Waals surface area contributed by atoms with E-state index in [0.29, 0.717) is 6.42 Å². The van der Waals surface area contributed by atoms with Crippen LogP contribution in [0.4, 0.5) is 0 Å². The Kier molecular flexibility index (Phi) is 1.26. The van der Waals surface area contributed by atoms with E-state index < -0.39 is 11.6 Å². The van der Waals surface area contributed by atoms with Gasteiger partial charge >= 0.3 is 5.97 Å². The summed E-state index contributed by atoms with van der Waals surface area (Å²) >= 11 is 0. The molecule has 0 aliphatic carbocycles. The number of amides is 1. The molecule has 1 N–H and O–H groups in total. The SMILES string of the molecule is CCC1C(=O)N[C@H]2C(=O)O[C@@]12C. The van der Waals surface area contributed by atoms with Crippen LogP contribution < -0.4 is 5.32 Å². The zero-order valence-electron chi connectivity index (χ0n) is 7.09. The van der Waals surface area contributed by atoms with E-state index in [1.54, 1.807) is 0 Å². The van der Waals surface area contributed by atoms with Crippen molar-refractivity contribution in [2.75, 3.05) is 0 Å². The highest BCUT2D eigenvalue weighted by Crippen LogP contribution is 2.41. The number of nitrogens with one attached hydrogen (secondary N) is 1. The van der Waals surface area contributed by atoms with Crippen molar-refractivity contribution in [1.29, 1.82) is 0 Å². The van der Waals surface area contributed by atoms with Crippen molar-refractivity contribution in [3.63, 3.8) is 0 Å². The molecule has 0 bridgehead atoms. The van der Waals surface area contributed by atoms with E-state index in [4.69, 9.17) is 4.74 Å². The normalized spacial score (nSPS) is 44.5. The maximum atomic E-state index is 11.3. The number of hydrogen-bond acceptors (Lipinski definition) is 3. The molecule has 0 radical (unpaired) electrons. The van der Waals surface area contributed by atoms with Gasteiger partial charge in [0.2, 0.25) is 5.91 Å². The Bertz CT molecular complexity index is 263. The molecule has 4 heteroatoms. The lowest BCUT2D eigenvalue weighted by molar-refractivity contribution is -0.198. The van der Waals surface area contributed by atoms with Crippen LogP contribution in [0.2, 0.25) is 0 Å². The van der Waals surface area contributed by atoms with Gasteiger partial charge in [-0.3, -0.25) is 4.79 Å². The number of esters is 1. The average Bonchev–Trinajstić information content (AvgIpc) is 2.20. The van der Waals surface area contributed by atoms with Gasteiger partial charge in [-0.2, -0.15) is 0 Å². The van der Waals surface area contributed by atoms with Gasteiger partial charge in [0.15, 0.2) is 11.6 Å². The van der Waals surface area contributed by atoms with E-state index in [9.17, 15) is 9.59 Å². The van der Waals surface area contributed by atoms with Crippen molar-refractivity contribution >= 4 is 11.9 Å². The van der Waals surface area contributed by atoms with Gasteiger partial charge in [-0.05, 0) is 13.3 Å². The number of ether oxygens (including phenoxy) is 1. The maximum Gasteiger partial charge on any atom is 0.333 e. The van der Waals surface area contributed by atoms with Gasteiger partial charge in [-0.1, -0.05) is 6.92 Å². The van der Waals surface area contributed by atoms with Gasteiger partial charge in [-0.25, -0.2) is 4.79 Å². The fraction of sp³-hybridized carbons (Fsp3) is 0.750. The fourth-order valence-corrected chi connectivity index (χ4v) is 2.08. The molecule has 0 spiro atoms. The summed E-state index contributed by atoms with van der Waals surface area (Å²) in [4.78, 5) is 22.2. The number of hydrogen-bond donors (Lipinski definition) is 1. The Labute approximate surface area is 70.3 Å². The second-order valence-corrected chi connectivity index (χ2v) is 3.51. The topological polar surface area (TPSA) is 55.4 Å². The van der Waals surface area contributed by atoms with Crippen molar-refractivity contribution < 1.29 is 14.3 Å². The molecule has 2 saturated heterocycles. The van der Waals surface area contributed by atoms with Crippen LogP contribution in [-0.4, -0.2) is 23.5 Å². The van der Waals surface area contributed by atoms with E-state index >= 15 is 0 Å². The number of fused-ring (bicyclic) bond motifs is 1. The molecular weight excluding hydrogens is 158 g/mol. The quantitative estimate of drug-likeness (QED) is 0.554.